The molecule has 1 aromatic heterocycles. The highest BCUT2D eigenvalue weighted by molar-refractivity contribution is 6.30. The van der Waals surface area contributed by atoms with Crippen LogP contribution < -0.4 is 4.74 Å². The Morgan fingerprint density at radius 1 is 1.11 bits per heavy atom. The number of nitrogens with zero attached hydrogens (tertiary/aromatic N) is 3. The van der Waals surface area contributed by atoms with Gasteiger partial charge in [-0.3, -0.25) is 4.79 Å². The molecule has 1 amide bonds. The van der Waals surface area contributed by atoms with Gasteiger partial charge in [0.05, 0.1) is 13.2 Å². The zero-order chi connectivity index (χ0) is 19.3. The average Bonchev–Trinajstić information content (AvgIpc) is 3.24. The standard InChI is InChI=1S/C20H18ClN3O4/c21-16-6-4-14(5-7-16)20-22-19(23-28-20)15-2-1-3-17(12-15)27-13-18(25)24-8-10-26-11-9-24/h1-7,12H,8-11,13H2. The lowest BCUT2D eigenvalue weighted by Crippen LogP contribution is -2.42. The van der Waals surface area contributed by atoms with Gasteiger partial charge in [-0.25, -0.2) is 0 Å². The fraction of sp³-hybridized carbons (Fsp3) is 0.250. The third-order valence-corrected chi connectivity index (χ3v) is 4.59. The lowest BCUT2D eigenvalue weighted by molar-refractivity contribution is -0.137. The molecule has 0 bridgehead atoms. The molecule has 1 aliphatic heterocycles. The molecule has 8 heteroatoms. The Morgan fingerprint density at radius 2 is 1.89 bits per heavy atom. The molecule has 0 N–H and O–H groups in total. The van der Waals surface area contributed by atoms with Gasteiger partial charge in [0.15, 0.2) is 6.61 Å². The van der Waals surface area contributed by atoms with Crippen molar-refractivity contribution in [3.05, 3.63) is 53.6 Å². The summed E-state index contributed by atoms with van der Waals surface area (Å²) in [6.07, 6.45) is 0. The van der Waals surface area contributed by atoms with E-state index in [1.54, 1.807) is 29.2 Å². The summed E-state index contributed by atoms with van der Waals surface area (Å²) in [7, 11) is 0. The number of carbonyl (C=O) groups excluding carboxylic acids is 1. The van der Waals surface area contributed by atoms with Crippen LogP contribution in [0.25, 0.3) is 22.8 Å². The summed E-state index contributed by atoms with van der Waals surface area (Å²) >= 11 is 5.91. The SMILES string of the molecule is O=C(COc1cccc(-c2noc(-c3ccc(Cl)cc3)n2)c1)N1CCOCC1. The van der Waals surface area contributed by atoms with Gasteiger partial charge in [-0.1, -0.05) is 28.9 Å². The number of rotatable bonds is 5. The maximum atomic E-state index is 12.2. The zero-order valence-electron chi connectivity index (χ0n) is 15.0. The Hall–Kier alpha value is -2.90. The molecule has 28 heavy (non-hydrogen) atoms. The largest absolute Gasteiger partial charge is 0.484 e. The van der Waals surface area contributed by atoms with Crippen LogP contribution in [0.3, 0.4) is 0 Å². The number of amides is 1. The first-order chi connectivity index (χ1) is 13.7. The van der Waals surface area contributed by atoms with Gasteiger partial charge in [-0.05, 0) is 36.4 Å². The van der Waals surface area contributed by atoms with Gasteiger partial charge in [0.25, 0.3) is 11.8 Å². The van der Waals surface area contributed by atoms with Gasteiger partial charge >= 0.3 is 0 Å². The van der Waals surface area contributed by atoms with Crippen LogP contribution in [0.2, 0.25) is 5.02 Å². The molecule has 2 heterocycles. The van der Waals surface area contributed by atoms with Crippen molar-refractivity contribution in [2.45, 2.75) is 0 Å². The van der Waals surface area contributed by atoms with Crippen LogP contribution in [-0.4, -0.2) is 53.9 Å². The van der Waals surface area contributed by atoms with E-state index in [0.717, 1.165) is 11.1 Å². The van der Waals surface area contributed by atoms with Gasteiger partial charge in [0.1, 0.15) is 5.75 Å². The van der Waals surface area contributed by atoms with Gasteiger partial charge in [0, 0.05) is 29.2 Å². The van der Waals surface area contributed by atoms with Crippen LogP contribution in [0.1, 0.15) is 0 Å². The number of aromatic nitrogens is 2. The van der Waals surface area contributed by atoms with E-state index in [0.29, 0.717) is 48.8 Å². The second kappa shape index (κ2) is 8.41. The highest BCUT2D eigenvalue weighted by Gasteiger charge is 2.17. The van der Waals surface area contributed by atoms with Crippen molar-refractivity contribution in [2.75, 3.05) is 32.9 Å². The van der Waals surface area contributed by atoms with Crippen LogP contribution in [0.4, 0.5) is 0 Å². The van der Waals surface area contributed by atoms with Gasteiger partial charge in [-0.15, -0.1) is 0 Å². The molecule has 144 valence electrons. The van der Waals surface area contributed by atoms with Crippen LogP contribution in [-0.2, 0) is 9.53 Å². The second-order valence-electron chi connectivity index (χ2n) is 6.24. The smallest absolute Gasteiger partial charge is 0.260 e. The van der Waals surface area contributed by atoms with Crippen molar-refractivity contribution in [3.63, 3.8) is 0 Å². The molecule has 0 radical (unpaired) electrons. The predicted molar refractivity (Wildman–Crippen MR) is 103 cm³/mol. The predicted octanol–water partition coefficient (Wildman–Crippen LogP) is 3.29. The molecule has 3 aromatic rings. The molecule has 1 saturated heterocycles. The maximum absolute atomic E-state index is 12.2. The first-order valence-electron chi connectivity index (χ1n) is 8.87. The zero-order valence-corrected chi connectivity index (χ0v) is 15.8. The first kappa shape index (κ1) is 18.5. The minimum atomic E-state index is -0.0571. The van der Waals surface area contributed by atoms with E-state index in [9.17, 15) is 4.79 Å². The molecule has 7 nitrogen and oxygen atoms in total. The summed E-state index contributed by atoms with van der Waals surface area (Å²) in [5.41, 5.74) is 1.52. The number of hydrogen-bond donors (Lipinski definition) is 0. The summed E-state index contributed by atoms with van der Waals surface area (Å²) in [5.74, 6) is 1.35. The highest BCUT2D eigenvalue weighted by Crippen LogP contribution is 2.25. The van der Waals surface area contributed by atoms with Gasteiger partial charge < -0.3 is 18.9 Å². The molecule has 4 rings (SSSR count). The number of ether oxygens (including phenoxy) is 2. The number of halogens is 1. The molecular formula is C20H18ClN3O4. The van der Waals surface area contributed by atoms with E-state index in [1.165, 1.54) is 0 Å². The van der Waals surface area contributed by atoms with E-state index in [4.69, 9.17) is 25.6 Å². The molecule has 0 atom stereocenters. The maximum Gasteiger partial charge on any atom is 0.260 e. The molecule has 1 aliphatic rings. The molecule has 2 aromatic carbocycles. The molecule has 0 saturated carbocycles. The molecule has 1 fully saturated rings. The number of morpholine rings is 1. The summed E-state index contributed by atoms with van der Waals surface area (Å²) < 4.78 is 16.3. The Kier molecular flexibility index (Phi) is 5.55. The lowest BCUT2D eigenvalue weighted by Gasteiger charge is -2.26. The number of benzene rings is 2. The van der Waals surface area contributed by atoms with Gasteiger partial charge in [-0.2, -0.15) is 4.98 Å². The van der Waals surface area contributed by atoms with Crippen LogP contribution in [0.5, 0.6) is 5.75 Å². The number of hydrogen-bond acceptors (Lipinski definition) is 6. The second-order valence-corrected chi connectivity index (χ2v) is 6.68. The van der Waals surface area contributed by atoms with Crippen molar-refractivity contribution in [1.29, 1.82) is 0 Å². The third kappa shape index (κ3) is 4.32. The Labute approximate surface area is 166 Å². The van der Waals surface area contributed by atoms with Crippen molar-refractivity contribution in [2.24, 2.45) is 0 Å². The summed E-state index contributed by atoms with van der Waals surface area (Å²) in [6, 6.07) is 14.4. The van der Waals surface area contributed by atoms with Crippen molar-refractivity contribution < 1.29 is 18.8 Å². The Morgan fingerprint density at radius 3 is 2.68 bits per heavy atom. The van der Waals surface area contributed by atoms with Crippen molar-refractivity contribution in [1.82, 2.24) is 15.0 Å². The topological polar surface area (TPSA) is 77.7 Å². The van der Waals surface area contributed by atoms with E-state index in [1.807, 2.05) is 24.3 Å². The van der Waals surface area contributed by atoms with E-state index >= 15 is 0 Å². The molecule has 0 unspecified atom stereocenters. The van der Waals surface area contributed by atoms with E-state index in [2.05, 4.69) is 10.1 Å². The van der Waals surface area contributed by atoms with Gasteiger partial charge in [0.2, 0.25) is 5.82 Å². The Bertz CT molecular complexity index is 952. The lowest BCUT2D eigenvalue weighted by atomic mass is 10.2. The molecule has 0 spiro atoms. The average molecular weight is 400 g/mol. The van der Waals surface area contributed by atoms with E-state index < -0.39 is 0 Å². The van der Waals surface area contributed by atoms with Crippen LogP contribution in [0.15, 0.2) is 53.1 Å². The highest BCUT2D eigenvalue weighted by atomic mass is 35.5. The van der Waals surface area contributed by atoms with Crippen molar-refractivity contribution in [3.8, 4) is 28.6 Å². The summed E-state index contributed by atoms with van der Waals surface area (Å²) in [6.45, 7) is 2.30. The van der Waals surface area contributed by atoms with E-state index in [-0.39, 0.29) is 12.5 Å². The molecule has 0 aliphatic carbocycles. The summed E-state index contributed by atoms with van der Waals surface area (Å²) in [4.78, 5) is 18.4. The van der Waals surface area contributed by atoms with Crippen molar-refractivity contribution >= 4 is 17.5 Å². The van der Waals surface area contributed by atoms with Crippen LogP contribution >= 0.6 is 11.6 Å². The summed E-state index contributed by atoms with van der Waals surface area (Å²) in [5, 5.41) is 4.67. The minimum absolute atomic E-state index is 0.0221. The first-order valence-corrected chi connectivity index (χ1v) is 9.25. The normalized spacial score (nSPS) is 14.1. The Balaban J connectivity index is 1.43. The number of carbonyl (C=O) groups is 1. The third-order valence-electron chi connectivity index (χ3n) is 4.34. The minimum Gasteiger partial charge on any atom is -0.484 e. The van der Waals surface area contributed by atoms with Crippen LogP contribution in [0, 0.1) is 0 Å². The fourth-order valence-electron chi connectivity index (χ4n) is 2.82. The monoisotopic (exact) mass is 399 g/mol. The molecular weight excluding hydrogens is 382 g/mol. The quantitative estimate of drug-likeness (QED) is 0.655. The fourth-order valence-corrected chi connectivity index (χ4v) is 2.95.